The van der Waals surface area contributed by atoms with Crippen LogP contribution in [0, 0.1) is 0 Å². The van der Waals surface area contributed by atoms with Crippen molar-refractivity contribution < 1.29 is 14.5 Å². The van der Waals surface area contributed by atoms with Gasteiger partial charge in [0, 0.05) is 37.1 Å². The van der Waals surface area contributed by atoms with Gasteiger partial charge in [-0.05, 0) is 36.4 Å². The number of benzene rings is 2. The molecule has 0 bridgehead atoms. The maximum Gasteiger partial charge on any atom is 0.279 e. The second-order valence-corrected chi connectivity index (χ2v) is 8.59. The van der Waals surface area contributed by atoms with Gasteiger partial charge >= 0.3 is 0 Å². The van der Waals surface area contributed by atoms with Gasteiger partial charge in [-0.1, -0.05) is 12.1 Å². The van der Waals surface area contributed by atoms with Crippen LogP contribution in [0.4, 0.5) is 11.4 Å². The molecule has 6 nitrogen and oxygen atoms in total. The van der Waals surface area contributed by atoms with Gasteiger partial charge in [-0.3, -0.25) is 9.59 Å². The Hall–Kier alpha value is -2.77. The van der Waals surface area contributed by atoms with E-state index in [9.17, 15) is 9.59 Å². The monoisotopic (exact) mass is 409 g/mol. The second-order valence-electron chi connectivity index (χ2n) is 7.53. The van der Waals surface area contributed by atoms with Crippen LogP contribution in [0.2, 0.25) is 0 Å². The van der Waals surface area contributed by atoms with Crippen LogP contribution in [0.3, 0.4) is 0 Å². The number of aromatic nitrogens is 1. The maximum atomic E-state index is 12.4. The van der Waals surface area contributed by atoms with Crippen molar-refractivity contribution in [3.05, 3.63) is 53.5 Å². The van der Waals surface area contributed by atoms with Crippen molar-refractivity contribution in [3.63, 3.8) is 0 Å². The molecule has 0 radical (unpaired) electrons. The minimum atomic E-state index is -0.111. The zero-order chi connectivity index (χ0) is 20.2. The van der Waals surface area contributed by atoms with Crippen molar-refractivity contribution >= 4 is 44.7 Å². The summed E-state index contributed by atoms with van der Waals surface area (Å²) >= 11 is 1.80. The number of fused-ring (bicyclic) bond motifs is 1. The third-order valence-electron chi connectivity index (χ3n) is 5.25. The number of rotatable bonds is 5. The first-order chi connectivity index (χ1) is 14.1. The molecule has 0 saturated carbocycles. The fourth-order valence-electron chi connectivity index (χ4n) is 3.79. The highest BCUT2D eigenvalue weighted by molar-refractivity contribution is 7.18. The van der Waals surface area contributed by atoms with Gasteiger partial charge in [-0.25, -0.2) is 4.98 Å². The fraction of sp³-hybridized carbons (Fsp3) is 0.318. The molecule has 1 aliphatic rings. The topological polar surface area (TPSA) is 75.5 Å². The van der Waals surface area contributed by atoms with Gasteiger partial charge in [-0.2, -0.15) is 0 Å². The van der Waals surface area contributed by atoms with E-state index in [-0.39, 0.29) is 11.8 Å². The first kappa shape index (κ1) is 19.5. The third-order valence-corrected chi connectivity index (χ3v) is 6.45. The molecule has 4 rings (SSSR count). The summed E-state index contributed by atoms with van der Waals surface area (Å²) in [6.07, 6.45) is 2.13. The Balaban J connectivity index is 1.26. The molecule has 1 aromatic heterocycles. The average Bonchev–Trinajstić information content (AvgIpc) is 3.14. The Labute approximate surface area is 173 Å². The van der Waals surface area contributed by atoms with E-state index in [2.05, 4.69) is 28.8 Å². The van der Waals surface area contributed by atoms with Crippen molar-refractivity contribution in [1.82, 2.24) is 4.98 Å². The molecule has 29 heavy (non-hydrogen) atoms. The number of carbonyl (C=O) groups is 2. The van der Waals surface area contributed by atoms with Gasteiger partial charge in [-0.15, -0.1) is 11.3 Å². The number of anilines is 2. The van der Waals surface area contributed by atoms with E-state index in [1.807, 2.05) is 6.07 Å². The van der Waals surface area contributed by atoms with Gasteiger partial charge in [0.2, 0.25) is 5.91 Å². The van der Waals surface area contributed by atoms with E-state index < -0.39 is 0 Å². The molecule has 1 saturated heterocycles. The second kappa shape index (κ2) is 8.71. The summed E-state index contributed by atoms with van der Waals surface area (Å²) in [7, 11) is 0. The van der Waals surface area contributed by atoms with Gasteiger partial charge in [0.25, 0.3) is 5.91 Å². The largest absolute Gasteiger partial charge is 0.327 e. The van der Waals surface area contributed by atoms with Gasteiger partial charge in [0.15, 0.2) is 6.54 Å². The number of thiazole rings is 1. The lowest BCUT2D eigenvalue weighted by Crippen LogP contribution is -3.14. The Kier molecular flexibility index (Phi) is 5.87. The van der Waals surface area contributed by atoms with E-state index in [1.165, 1.54) is 21.5 Å². The van der Waals surface area contributed by atoms with E-state index in [4.69, 9.17) is 4.98 Å². The molecule has 150 valence electrons. The molecule has 7 heteroatoms. The maximum absolute atomic E-state index is 12.4. The van der Waals surface area contributed by atoms with Crippen LogP contribution >= 0.6 is 11.3 Å². The van der Waals surface area contributed by atoms with Crippen LogP contribution in [0.5, 0.6) is 0 Å². The van der Waals surface area contributed by atoms with Crippen LogP contribution in [0.25, 0.3) is 10.2 Å². The summed E-state index contributed by atoms with van der Waals surface area (Å²) in [5.74, 6) is 0.408. The highest BCUT2D eigenvalue weighted by Gasteiger charge is 2.27. The minimum Gasteiger partial charge on any atom is -0.327 e. The summed E-state index contributed by atoms with van der Waals surface area (Å²) in [6, 6.07) is 15.5. The minimum absolute atomic E-state index is 0.0192. The van der Waals surface area contributed by atoms with Crippen molar-refractivity contribution in [2.45, 2.75) is 25.7 Å². The number of quaternary nitrogens is 1. The molecule has 0 spiro atoms. The summed E-state index contributed by atoms with van der Waals surface area (Å²) in [5.41, 5.74) is 2.55. The van der Waals surface area contributed by atoms with Crippen LogP contribution < -0.4 is 15.5 Å². The zero-order valence-electron chi connectivity index (χ0n) is 16.4. The lowest BCUT2D eigenvalue weighted by atomic mass is 9.97. The molecular weight excluding hydrogens is 384 g/mol. The molecule has 2 amide bonds. The molecule has 0 unspecified atom stereocenters. The number of hydrogen-bond acceptors (Lipinski definition) is 4. The van der Waals surface area contributed by atoms with Gasteiger partial charge in [0.1, 0.15) is 0 Å². The standard InChI is InChI=1S/C22H24N4O2S/c1-15(27)23-17-6-8-18(9-7-17)24-21(28)14-26-12-10-16(11-13-26)22-25-19-4-2-3-5-20(19)29-22/h2-9,16H,10-14H2,1H3,(H,23,27)(H,24,28)/p+1. The Morgan fingerprint density at radius 3 is 2.34 bits per heavy atom. The van der Waals surface area contributed by atoms with Crippen molar-refractivity contribution in [1.29, 1.82) is 0 Å². The third kappa shape index (κ3) is 4.99. The molecule has 3 aromatic rings. The quantitative estimate of drug-likeness (QED) is 0.606. The molecule has 0 aliphatic carbocycles. The summed E-state index contributed by atoms with van der Waals surface area (Å²) in [6.45, 7) is 3.91. The number of likely N-dealkylation sites (tertiary alicyclic amines) is 1. The molecular formula is C22H25N4O2S+. The number of nitrogens with zero attached hydrogens (tertiary/aromatic N) is 1. The molecule has 3 N–H and O–H groups in total. The SMILES string of the molecule is CC(=O)Nc1ccc(NC(=O)C[NH+]2CCC(c3nc4ccccc4s3)CC2)cc1. The lowest BCUT2D eigenvalue weighted by Gasteiger charge is -2.27. The summed E-state index contributed by atoms with van der Waals surface area (Å²) < 4.78 is 1.25. The zero-order valence-corrected chi connectivity index (χ0v) is 17.2. The number of piperidine rings is 1. The van der Waals surface area contributed by atoms with Crippen LogP contribution in [-0.2, 0) is 9.59 Å². The predicted octanol–water partition coefficient (Wildman–Crippen LogP) is 2.66. The van der Waals surface area contributed by atoms with Crippen LogP contribution in [-0.4, -0.2) is 36.4 Å². The molecule has 2 heterocycles. The highest BCUT2D eigenvalue weighted by atomic mass is 32.1. The first-order valence-electron chi connectivity index (χ1n) is 9.93. The number of hydrogen-bond donors (Lipinski definition) is 3. The molecule has 1 aliphatic heterocycles. The summed E-state index contributed by atoms with van der Waals surface area (Å²) in [4.78, 5) is 29.6. The number of para-hydroxylation sites is 1. The molecule has 1 fully saturated rings. The van der Waals surface area contributed by atoms with E-state index in [0.717, 1.165) is 42.8 Å². The smallest absolute Gasteiger partial charge is 0.279 e. The fourth-order valence-corrected chi connectivity index (χ4v) is 4.92. The number of carbonyl (C=O) groups excluding carboxylic acids is 2. The highest BCUT2D eigenvalue weighted by Crippen LogP contribution is 2.31. The first-order valence-corrected chi connectivity index (χ1v) is 10.7. The van der Waals surface area contributed by atoms with Crippen molar-refractivity contribution in [2.75, 3.05) is 30.3 Å². The Morgan fingerprint density at radius 2 is 1.69 bits per heavy atom. The normalized spacial score (nSPS) is 19.1. The van der Waals surface area contributed by atoms with Gasteiger partial charge < -0.3 is 15.5 Å². The van der Waals surface area contributed by atoms with Crippen LogP contribution in [0.1, 0.15) is 30.7 Å². The van der Waals surface area contributed by atoms with E-state index in [0.29, 0.717) is 12.5 Å². The average molecular weight is 410 g/mol. The Morgan fingerprint density at radius 1 is 1.03 bits per heavy atom. The lowest BCUT2D eigenvalue weighted by molar-refractivity contribution is -0.897. The number of amides is 2. The van der Waals surface area contributed by atoms with Crippen LogP contribution in [0.15, 0.2) is 48.5 Å². The van der Waals surface area contributed by atoms with Gasteiger partial charge in [0.05, 0.1) is 28.3 Å². The van der Waals surface area contributed by atoms with E-state index >= 15 is 0 Å². The van der Waals surface area contributed by atoms with Crippen molar-refractivity contribution in [3.8, 4) is 0 Å². The predicted molar refractivity (Wildman–Crippen MR) is 117 cm³/mol. The van der Waals surface area contributed by atoms with Crippen molar-refractivity contribution in [2.24, 2.45) is 0 Å². The summed E-state index contributed by atoms with van der Waals surface area (Å²) in [5, 5.41) is 6.90. The number of nitrogens with one attached hydrogen (secondary N) is 3. The molecule has 2 aromatic carbocycles. The Bertz CT molecular complexity index is 974. The van der Waals surface area contributed by atoms with E-state index in [1.54, 1.807) is 35.6 Å². The molecule has 0 atom stereocenters.